The van der Waals surface area contributed by atoms with E-state index in [1.165, 1.54) is 5.69 Å². The number of aryl methyl sites for hydroxylation is 2. The number of nitrogens with zero attached hydrogens (tertiary/aromatic N) is 3. The summed E-state index contributed by atoms with van der Waals surface area (Å²) >= 11 is 0. The van der Waals surface area contributed by atoms with Crippen molar-refractivity contribution in [3.05, 3.63) is 35.5 Å². The zero-order chi connectivity index (χ0) is 11.8. The van der Waals surface area contributed by atoms with Gasteiger partial charge in [-0.05, 0) is 25.5 Å². The van der Waals surface area contributed by atoms with Crippen molar-refractivity contribution in [3.63, 3.8) is 0 Å². The van der Waals surface area contributed by atoms with Gasteiger partial charge in [-0.15, -0.1) is 0 Å². The first-order valence-corrected chi connectivity index (χ1v) is 6.07. The first-order valence-electron chi connectivity index (χ1n) is 6.07. The normalized spacial score (nSPS) is 12.8. The van der Waals surface area contributed by atoms with Crippen LogP contribution in [0.25, 0.3) is 5.82 Å². The van der Waals surface area contributed by atoms with Crippen molar-refractivity contribution in [2.75, 3.05) is 5.32 Å². The van der Waals surface area contributed by atoms with E-state index in [0.717, 1.165) is 42.4 Å². The van der Waals surface area contributed by atoms with Crippen LogP contribution < -0.4 is 5.32 Å². The number of pyridine rings is 1. The minimum absolute atomic E-state index is 0.835. The highest BCUT2D eigenvalue weighted by Crippen LogP contribution is 2.28. The number of nitrogens with one attached hydrogen (secondary N) is 1. The lowest BCUT2D eigenvalue weighted by Crippen LogP contribution is -2.18. The fraction of sp³-hybridized carbons (Fsp3) is 0.385. The predicted octanol–water partition coefficient (Wildman–Crippen LogP) is 2.45. The third kappa shape index (κ3) is 1.52. The van der Waals surface area contributed by atoms with Crippen LogP contribution in [0.5, 0.6) is 0 Å². The molecule has 4 nitrogen and oxygen atoms in total. The molecule has 2 aromatic rings. The zero-order valence-corrected chi connectivity index (χ0v) is 10.2. The van der Waals surface area contributed by atoms with E-state index in [-0.39, 0.29) is 0 Å². The fourth-order valence-corrected chi connectivity index (χ4v) is 2.37. The standard InChI is InChI=1S/C13H16N4/c1-3-5-12-16-9(2)11-8-15-10-6-4-7-14-13(10)17(11)12/h4,6-7,15H,3,5,8H2,1-2H3. The number of hydrogen-bond donors (Lipinski definition) is 1. The van der Waals surface area contributed by atoms with Gasteiger partial charge in [-0.25, -0.2) is 9.97 Å². The van der Waals surface area contributed by atoms with Crippen molar-refractivity contribution < 1.29 is 0 Å². The summed E-state index contributed by atoms with van der Waals surface area (Å²) in [6.07, 6.45) is 3.93. The second-order valence-corrected chi connectivity index (χ2v) is 4.37. The van der Waals surface area contributed by atoms with Crippen LogP contribution in [0.2, 0.25) is 0 Å². The summed E-state index contributed by atoms with van der Waals surface area (Å²) in [6.45, 7) is 5.08. The molecule has 3 heterocycles. The molecule has 3 rings (SSSR count). The smallest absolute Gasteiger partial charge is 0.161 e. The van der Waals surface area contributed by atoms with Crippen molar-refractivity contribution in [2.24, 2.45) is 0 Å². The molecular formula is C13H16N4. The number of imidazole rings is 1. The van der Waals surface area contributed by atoms with Gasteiger partial charge in [0.2, 0.25) is 0 Å². The van der Waals surface area contributed by atoms with Gasteiger partial charge in [-0.2, -0.15) is 0 Å². The Morgan fingerprint density at radius 2 is 2.35 bits per heavy atom. The summed E-state index contributed by atoms with van der Waals surface area (Å²) in [6, 6.07) is 4.02. The van der Waals surface area contributed by atoms with Crippen LogP contribution in [0.4, 0.5) is 5.69 Å². The van der Waals surface area contributed by atoms with Gasteiger partial charge in [0.15, 0.2) is 5.82 Å². The average molecular weight is 228 g/mol. The summed E-state index contributed by atoms with van der Waals surface area (Å²) in [5.74, 6) is 2.11. The lowest BCUT2D eigenvalue weighted by Gasteiger charge is -2.21. The molecular weight excluding hydrogens is 212 g/mol. The van der Waals surface area contributed by atoms with Crippen LogP contribution in [-0.2, 0) is 13.0 Å². The van der Waals surface area contributed by atoms with Gasteiger partial charge in [-0.3, -0.25) is 4.57 Å². The Morgan fingerprint density at radius 3 is 3.18 bits per heavy atom. The Bertz CT molecular complexity index is 557. The van der Waals surface area contributed by atoms with E-state index in [1.807, 2.05) is 12.3 Å². The minimum atomic E-state index is 0.835. The molecule has 0 aromatic carbocycles. The van der Waals surface area contributed by atoms with E-state index in [2.05, 4.69) is 39.8 Å². The molecule has 0 saturated carbocycles. The Labute approximate surface area is 101 Å². The van der Waals surface area contributed by atoms with Crippen LogP contribution >= 0.6 is 0 Å². The first kappa shape index (κ1) is 10.3. The SMILES string of the molecule is CCCc1nc(C)c2n1-c1ncccc1NC2. The van der Waals surface area contributed by atoms with E-state index in [9.17, 15) is 0 Å². The van der Waals surface area contributed by atoms with Gasteiger partial charge in [-0.1, -0.05) is 6.92 Å². The first-order chi connectivity index (χ1) is 8.31. The van der Waals surface area contributed by atoms with Crippen LogP contribution in [0.15, 0.2) is 18.3 Å². The third-order valence-corrected chi connectivity index (χ3v) is 3.16. The number of aromatic nitrogens is 3. The van der Waals surface area contributed by atoms with E-state index >= 15 is 0 Å². The monoisotopic (exact) mass is 228 g/mol. The summed E-state index contributed by atoms with van der Waals surface area (Å²) < 4.78 is 2.21. The van der Waals surface area contributed by atoms with Gasteiger partial charge in [0.1, 0.15) is 5.82 Å². The molecule has 0 amide bonds. The maximum atomic E-state index is 4.66. The largest absolute Gasteiger partial charge is 0.376 e. The predicted molar refractivity (Wildman–Crippen MR) is 67.4 cm³/mol. The summed E-state index contributed by atoms with van der Waals surface area (Å²) in [5, 5.41) is 3.39. The molecule has 2 aromatic heterocycles. The maximum absolute atomic E-state index is 4.66. The molecule has 88 valence electrons. The molecule has 0 saturated heterocycles. The zero-order valence-electron chi connectivity index (χ0n) is 10.2. The van der Waals surface area contributed by atoms with Crippen molar-refractivity contribution >= 4 is 5.69 Å². The molecule has 0 spiro atoms. The van der Waals surface area contributed by atoms with Gasteiger partial charge < -0.3 is 5.32 Å². The molecule has 1 aliphatic heterocycles. The minimum Gasteiger partial charge on any atom is -0.376 e. The Morgan fingerprint density at radius 1 is 1.47 bits per heavy atom. The quantitative estimate of drug-likeness (QED) is 0.858. The molecule has 17 heavy (non-hydrogen) atoms. The molecule has 0 atom stereocenters. The van der Waals surface area contributed by atoms with Crippen molar-refractivity contribution in [1.82, 2.24) is 14.5 Å². The second kappa shape index (κ2) is 3.87. The van der Waals surface area contributed by atoms with Crippen LogP contribution in [0.1, 0.15) is 30.6 Å². The van der Waals surface area contributed by atoms with Gasteiger partial charge >= 0.3 is 0 Å². The van der Waals surface area contributed by atoms with Crippen LogP contribution in [0.3, 0.4) is 0 Å². The molecule has 0 radical (unpaired) electrons. The fourth-order valence-electron chi connectivity index (χ4n) is 2.37. The van der Waals surface area contributed by atoms with Gasteiger partial charge in [0.05, 0.1) is 23.6 Å². The molecule has 0 fully saturated rings. The van der Waals surface area contributed by atoms with Crippen LogP contribution in [0, 0.1) is 6.92 Å². The summed E-state index contributed by atoms with van der Waals surface area (Å²) in [7, 11) is 0. The van der Waals surface area contributed by atoms with Crippen molar-refractivity contribution in [3.8, 4) is 5.82 Å². The van der Waals surface area contributed by atoms with Crippen molar-refractivity contribution in [1.29, 1.82) is 0 Å². The van der Waals surface area contributed by atoms with E-state index in [1.54, 1.807) is 0 Å². The van der Waals surface area contributed by atoms with E-state index in [4.69, 9.17) is 0 Å². The highest BCUT2D eigenvalue weighted by Gasteiger charge is 2.22. The number of rotatable bonds is 2. The maximum Gasteiger partial charge on any atom is 0.161 e. The molecule has 1 aliphatic rings. The van der Waals surface area contributed by atoms with E-state index in [0.29, 0.717) is 0 Å². The highest BCUT2D eigenvalue weighted by molar-refractivity contribution is 5.60. The van der Waals surface area contributed by atoms with Gasteiger partial charge in [0, 0.05) is 12.6 Å². The number of hydrogen-bond acceptors (Lipinski definition) is 3. The second-order valence-electron chi connectivity index (χ2n) is 4.37. The number of anilines is 1. The number of fused-ring (bicyclic) bond motifs is 3. The molecule has 0 unspecified atom stereocenters. The Balaban J connectivity index is 2.22. The van der Waals surface area contributed by atoms with Crippen LogP contribution in [-0.4, -0.2) is 14.5 Å². The highest BCUT2D eigenvalue weighted by atomic mass is 15.2. The van der Waals surface area contributed by atoms with E-state index < -0.39 is 0 Å². The molecule has 0 bridgehead atoms. The van der Waals surface area contributed by atoms with Gasteiger partial charge in [0.25, 0.3) is 0 Å². The lowest BCUT2D eigenvalue weighted by molar-refractivity contribution is 0.767. The molecule has 1 N–H and O–H groups in total. The summed E-state index contributed by atoms with van der Waals surface area (Å²) in [5.41, 5.74) is 3.44. The average Bonchev–Trinajstić information content (AvgIpc) is 2.67. The summed E-state index contributed by atoms with van der Waals surface area (Å²) in [4.78, 5) is 9.14. The molecule has 4 heteroatoms. The Kier molecular flexibility index (Phi) is 2.35. The third-order valence-electron chi connectivity index (χ3n) is 3.16. The molecule has 0 aliphatic carbocycles. The topological polar surface area (TPSA) is 42.7 Å². The van der Waals surface area contributed by atoms with Crippen molar-refractivity contribution in [2.45, 2.75) is 33.2 Å². The lowest BCUT2D eigenvalue weighted by atomic mass is 10.2. The Hall–Kier alpha value is -1.84.